The summed E-state index contributed by atoms with van der Waals surface area (Å²) in [6, 6.07) is 13.3. The lowest BCUT2D eigenvalue weighted by molar-refractivity contribution is -0.175. The van der Waals surface area contributed by atoms with E-state index in [9.17, 15) is 13.8 Å². The van der Waals surface area contributed by atoms with E-state index in [1.807, 2.05) is 54.3 Å². The van der Waals surface area contributed by atoms with E-state index in [2.05, 4.69) is 0 Å². The highest BCUT2D eigenvalue weighted by molar-refractivity contribution is 7.87. The molecule has 0 amide bonds. The molecule has 7 nitrogen and oxygen atoms in total. The van der Waals surface area contributed by atoms with Crippen LogP contribution in [0.15, 0.2) is 59.6 Å². The maximum absolute atomic E-state index is 14.5. The predicted molar refractivity (Wildman–Crippen MR) is 126 cm³/mol. The molecule has 2 fully saturated rings. The van der Waals surface area contributed by atoms with Gasteiger partial charge < -0.3 is 19.1 Å². The molecule has 2 aromatic rings. The van der Waals surface area contributed by atoms with Gasteiger partial charge in [-0.25, -0.2) is 4.79 Å². The predicted octanol–water partition coefficient (Wildman–Crippen LogP) is 3.35. The molecule has 0 bridgehead atoms. The zero-order chi connectivity index (χ0) is 24.0. The zero-order valence-corrected chi connectivity index (χ0v) is 20.1. The van der Waals surface area contributed by atoms with Crippen LogP contribution in [-0.2, 0) is 34.6 Å². The van der Waals surface area contributed by atoms with Gasteiger partial charge in [-0.1, -0.05) is 42.0 Å². The topological polar surface area (TPSA) is 82.1 Å². The Labute approximate surface area is 201 Å². The highest BCUT2D eigenvalue weighted by atomic mass is 32.2. The Morgan fingerprint density at radius 2 is 1.85 bits per heavy atom. The third-order valence-electron chi connectivity index (χ3n) is 6.81. The van der Waals surface area contributed by atoms with Crippen LogP contribution in [0.1, 0.15) is 36.6 Å². The summed E-state index contributed by atoms with van der Waals surface area (Å²) in [6.45, 7) is 5.93. The zero-order valence-electron chi connectivity index (χ0n) is 19.3. The van der Waals surface area contributed by atoms with E-state index in [1.54, 1.807) is 32.2 Å². The molecule has 178 valence electrons. The van der Waals surface area contributed by atoms with Crippen molar-refractivity contribution in [3.63, 3.8) is 0 Å². The van der Waals surface area contributed by atoms with Gasteiger partial charge in [0.1, 0.15) is 6.04 Å². The van der Waals surface area contributed by atoms with E-state index >= 15 is 0 Å². The molecular formula is C26H27NO6S. The highest BCUT2D eigenvalue weighted by Crippen LogP contribution is 2.60. The SMILES string of the molecule is CCOC(=O)[C@H]1[C@@H]2[C@@H](OCC)OC(=O)[C@]2([S@@](=O)c2ccc(C)cc2)[C@@H]2c3ccccc3C=CN21. The second kappa shape index (κ2) is 8.67. The van der Waals surface area contributed by atoms with E-state index in [0.717, 1.165) is 16.7 Å². The number of esters is 2. The molecule has 5 rings (SSSR count). The molecule has 8 heteroatoms. The molecule has 3 aliphatic heterocycles. The van der Waals surface area contributed by atoms with Crippen molar-refractivity contribution in [3.05, 3.63) is 71.4 Å². The number of benzene rings is 2. The number of carbonyl (C=O) groups excluding carboxylic acids is 2. The number of nitrogens with zero attached hydrogens (tertiary/aromatic N) is 1. The van der Waals surface area contributed by atoms with Gasteiger partial charge in [-0.2, -0.15) is 0 Å². The molecule has 0 aromatic heterocycles. The number of hydrogen-bond acceptors (Lipinski definition) is 7. The Bertz CT molecular complexity index is 1180. The first kappa shape index (κ1) is 22.8. The molecule has 0 unspecified atom stereocenters. The van der Waals surface area contributed by atoms with Gasteiger partial charge in [0.05, 0.1) is 29.4 Å². The first-order valence-electron chi connectivity index (χ1n) is 11.5. The van der Waals surface area contributed by atoms with Crippen LogP contribution in [0, 0.1) is 12.8 Å². The van der Waals surface area contributed by atoms with Crippen molar-refractivity contribution in [1.82, 2.24) is 4.90 Å². The average Bonchev–Trinajstić information content (AvgIpc) is 3.30. The van der Waals surface area contributed by atoms with Crippen LogP contribution < -0.4 is 0 Å². The summed E-state index contributed by atoms with van der Waals surface area (Å²) in [5.41, 5.74) is 2.73. The maximum Gasteiger partial charge on any atom is 0.330 e. The Morgan fingerprint density at radius 1 is 1.12 bits per heavy atom. The van der Waals surface area contributed by atoms with Crippen molar-refractivity contribution in [3.8, 4) is 0 Å². The molecule has 0 aliphatic carbocycles. The minimum absolute atomic E-state index is 0.184. The fourth-order valence-electron chi connectivity index (χ4n) is 5.46. The molecule has 0 spiro atoms. The molecular weight excluding hydrogens is 454 g/mol. The Kier molecular flexibility index (Phi) is 5.81. The van der Waals surface area contributed by atoms with Crippen molar-refractivity contribution >= 4 is 28.8 Å². The number of fused-ring (bicyclic) bond motifs is 5. The Hall–Kier alpha value is -2.97. The van der Waals surface area contributed by atoms with Crippen LogP contribution >= 0.6 is 0 Å². The third kappa shape index (κ3) is 3.15. The van der Waals surface area contributed by atoms with Crippen LogP contribution in [0.2, 0.25) is 0 Å². The van der Waals surface area contributed by atoms with Gasteiger partial charge in [-0.15, -0.1) is 0 Å². The van der Waals surface area contributed by atoms with Crippen LogP contribution in [-0.4, -0.2) is 51.3 Å². The summed E-state index contributed by atoms with van der Waals surface area (Å²) in [4.78, 5) is 29.5. The van der Waals surface area contributed by atoms with Gasteiger partial charge in [-0.05, 0) is 50.1 Å². The number of rotatable bonds is 6. The van der Waals surface area contributed by atoms with Crippen molar-refractivity contribution in [1.29, 1.82) is 0 Å². The van der Waals surface area contributed by atoms with Crippen LogP contribution in [0.4, 0.5) is 0 Å². The minimum atomic E-state index is -1.85. The summed E-state index contributed by atoms with van der Waals surface area (Å²) >= 11 is 0. The lowest BCUT2D eigenvalue weighted by Gasteiger charge is -2.37. The van der Waals surface area contributed by atoms with Crippen molar-refractivity contribution in [2.75, 3.05) is 13.2 Å². The summed E-state index contributed by atoms with van der Waals surface area (Å²) < 4.78 is 29.9. The molecule has 0 radical (unpaired) electrons. The highest BCUT2D eigenvalue weighted by Gasteiger charge is 2.76. The molecule has 34 heavy (non-hydrogen) atoms. The van der Waals surface area contributed by atoms with Gasteiger partial charge in [-0.3, -0.25) is 9.00 Å². The average molecular weight is 482 g/mol. The van der Waals surface area contributed by atoms with Gasteiger partial charge >= 0.3 is 11.9 Å². The minimum Gasteiger partial charge on any atom is -0.464 e. The molecule has 2 saturated heterocycles. The molecule has 0 saturated carbocycles. The standard InChI is InChI=1S/C26H27NO6S/c1-4-31-23(28)21-20-24(32-5-2)33-25(29)26(20,34(30)18-12-10-16(3)11-13-18)22-19-9-7-6-8-17(19)14-15-27(21)22/h6-15,20-22,24H,4-5H2,1-3H3/t20-,21-,22+,24+,26-,34+/m1/s1. The molecule has 3 aliphatic rings. The first-order chi connectivity index (χ1) is 16.4. The number of aryl methyl sites for hydroxylation is 1. The third-order valence-corrected chi connectivity index (χ3v) is 8.79. The number of ether oxygens (including phenoxy) is 3. The normalized spacial score (nSPS) is 29.7. The van der Waals surface area contributed by atoms with Crippen LogP contribution in [0.5, 0.6) is 0 Å². The van der Waals surface area contributed by atoms with E-state index < -0.39 is 51.8 Å². The van der Waals surface area contributed by atoms with Crippen molar-refractivity contribution in [2.45, 2.75) is 48.8 Å². The summed E-state index contributed by atoms with van der Waals surface area (Å²) in [7, 11) is -1.85. The number of carbonyl (C=O) groups is 2. The van der Waals surface area contributed by atoms with E-state index in [0.29, 0.717) is 4.90 Å². The molecule has 6 atom stereocenters. The summed E-state index contributed by atoms with van der Waals surface area (Å²) in [5, 5.41) is 0. The summed E-state index contributed by atoms with van der Waals surface area (Å²) in [6.07, 6.45) is 2.69. The van der Waals surface area contributed by atoms with Crippen molar-refractivity contribution in [2.24, 2.45) is 5.92 Å². The monoisotopic (exact) mass is 481 g/mol. The second-order valence-corrected chi connectivity index (χ2v) is 10.3. The van der Waals surface area contributed by atoms with E-state index in [4.69, 9.17) is 14.2 Å². The first-order valence-corrected chi connectivity index (χ1v) is 12.6. The van der Waals surface area contributed by atoms with Gasteiger partial charge in [0.25, 0.3) is 0 Å². The quantitative estimate of drug-likeness (QED) is 0.585. The van der Waals surface area contributed by atoms with Crippen molar-refractivity contribution < 1.29 is 28.0 Å². The fourth-order valence-corrected chi connectivity index (χ4v) is 7.37. The maximum atomic E-state index is 14.5. The smallest absolute Gasteiger partial charge is 0.330 e. The summed E-state index contributed by atoms with van der Waals surface area (Å²) in [5.74, 6) is -1.95. The van der Waals surface area contributed by atoms with E-state index in [1.165, 1.54) is 0 Å². The molecule has 3 heterocycles. The molecule has 0 N–H and O–H groups in total. The second-order valence-electron chi connectivity index (χ2n) is 8.62. The Balaban J connectivity index is 1.77. The van der Waals surface area contributed by atoms with Gasteiger partial charge in [0, 0.05) is 17.7 Å². The van der Waals surface area contributed by atoms with Gasteiger partial charge in [0.2, 0.25) is 6.29 Å². The van der Waals surface area contributed by atoms with Crippen LogP contribution in [0.3, 0.4) is 0 Å². The Morgan fingerprint density at radius 3 is 2.56 bits per heavy atom. The van der Waals surface area contributed by atoms with Gasteiger partial charge in [0.15, 0.2) is 4.75 Å². The number of cyclic esters (lactones) is 1. The lowest BCUT2D eigenvalue weighted by atomic mass is 9.83. The fraction of sp³-hybridized carbons (Fsp3) is 0.385. The molecule has 2 aromatic carbocycles. The van der Waals surface area contributed by atoms with Crippen LogP contribution in [0.25, 0.3) is 6.08 Å². The largest absolute Gasteiger partial charge is 0.464 e. The van der Waals surface area contributed by atoms with E-state index in [-0.39, 0.29) is 13.2 Å². The number of hydrogen-bond donors (Lipinski definition) is 0. The lowest BCUT2D eigenvalue weighted by Crippen LogP contribution is -2.50.